The molecular formula is C11H13FN2O4. The second kappa shape index (κ2) is 6.08. The number of carboxylic acids is 1. The Labute approximate surface area is 103 Å². The number of nitrogens with two attached hydrogens (primary N) is 1. The fraction of sp³-hybridized carbons (Fsp3) is 0.273. The molecule has 0 spiro atoms. The second-order valence-corrected chi connectivity index (χ2v) is 3.55. The highest BCUT2D eigenvalue weighted by Crippen LogP contribution is 2.16. The van der Waals surface area contributed by atoms with Crippen molar-refractivity contribution in [2.24, 2.45) is 5.73 Å². The number of rotatable bonds is 5. The Balaban J connectivity index is 2.79. The maximum atomic E-state index is 13.5. The summed E-state index contributed by atoms with van der Waals surface area (Å²) in [4.78, 5) is 22.1. The van der Waals surface area contributed by atoms with Crippen molar-refractivity contribution in [1.82, 2.24) is 0 Å². The molecule has 1 atom stereocenters. The van der Waals surface area contributed by atoms with E-state index in [0.717, 1.165) is 12.1 Å². The summed E-state index contributed by atoms with van der Waals surface area (Å²) in [5.74, 6) is -2.70. The van der Waals surface area contributed by atoms with Gasteiger partial charge in [0, 0.05) is 7.11 Å². The highest BCUT2D eigenvalue weighted by molar-refractivity contribution is 5.95. The molecule has 0 saturated carbocycles. The van der Waals surface area contributed by atoms with Crippen LogP contribution in [0.15, 0.2) is 18.2 Å². The van der Waals surface area contributed by atoms with Crippen molar-refractivity contribution >= 4 is 17.6 Å². The van der Waals surface area contributed by atoms with Crippen LogP contribution < -0.4 is 11.1 Å². The van der Waals surface area contributed by atoms with Gasteiger partial charge >= 0.3 is 5.97 Å². The molecule has 0 saturated heterocycles. The number of amides is 1. The van der Waals surface area contributed by atoms with Crippen LogP contribution in [0.5, 0.6) is 0 Å². The van der Waals surface area contributed by atoms with E-state index in [1.54, 1.807) is 0 Å². The van der Waals surface area contributed by atoms with E-state index >= 15 is 0 Å². The first-order valence-corrected chi connectivity index (χ1v) is 5.04. The third-order valence-corrected chi connectivity index (χ3v) is 2.16. The van der Waals surface area contributed by atoms with Crippen molar-refractivity contribution in [2.75, 3.05) is 19.0 Å². The zero-order valence-electron chi connectivity index (χ0n) is 9.64. The van der Waals surface area contributed by atoms with Gasteiger partial charge in [-0.05, 0) is 18.2 Å². The number of nitrogens with one attached hydrogen (secondary N) is 1. The molecule has 4 N–H and O–H groups in total. The van der Waals surface area contributed by atoms with Crippen LogP contribution in [0.3, 0.4) is 0 Å². The lowest BCUT2D eigenvalue weighted by molar-refractivity contribution is -0.118. The maximum Gasteiger partial charge on any atom is 0.335 e. The molecule has 0 bridgehead atoms. The molecule has 0 aromatic heterocycles. The van der Waals surface area contributed by atoms with E-state index in [2.05, 4.69) is 10.1 Å². The van der Waals surface area contributed by atoms with Gasteiger partial charge in [0.25, 0.3) is 0 Å². The van der Waals surface area contributed by atoms with Crippen LogP contribution in [0.25, 0.3) is 0 Å². The number of carbonyl (C=O) groups is 2. The number of methoxy groups -OCH3 is 1. The lowest BCUT2D eigenvalue weighted by Gasteiger charge is -2.11. The quantitative estimate of drug-likeness (QED) is 0.709. The molecule has 0 aliphatic heterocycles. The van der Waals surface area contributed by atoms with Gasteiger partial charge in [-0.3, -0.25) is 4.79 Å². The van der Waals surface area contributed by atoms with E-state index in [4.69, 9.17) is 10.8 Å². The summed E-state index contributed by atoms with van der Waals surface area (Å²) in [5, 5.41) is 10.9. The van der Waals surface area contributed by atoms with Gasteiger partial charge in [-0.25, -0.2) is 9.18 Å². The lowest BCUT2D eigenvalue weighted by atomic mass is 10.2. The zero-order chi connectivity index (χ0) is 13.7. The van der Waals surface area contributed by atoms with Gasteiger partial charge in [0.15, 0.2) is 0 Å². The number of carbonyl (C=O) groups excluding carboxylic acids is 1. The van der Waals surface area contributed by atoms with E-state index in [1.807, 2.05) is 0 Å². The minimum absolute atomic E-state index is 0.000657. The number of hydrogen-bond acceptors (Lipinski definition) is 4. The van der Waals surface area contributed by atoms with Crippen LogP contribution in [0, 0.1) is 5.82 Å². The topological polar surface area (TPSA) is 102 Å². The van der Waals surface area contributed by atoms with Gasteiger partial charge < -0.3 is 20.9 Å². The van der Waals surface area contributed by atoms with Gasteiger partial charge in [0.2, 0.25) is 5.91 Å². The molecule has 1 aromatic carbocycles. The summed E-state index contributed by atoms with van der Waals surface area (Å²) in [6, 6.07) is 2.24. The Morgan fingerprint density at radius 2 is 2.22 bits per heavy atom. The van der Waals surface area contributed by atoms with Crippen molar-refractivity contribution in [3.63, 3.8) is 0 Å². The first-order valence-electron chi connectivity index (χ1n) is 5.04. The first-order chi connectivity index (χ1) is 8.45. The molecule has 1 aromatic rings. The maximum absolute atomic E-state index is 13.5. The molecule has 0 aliphatic rings. The van der Waals surface area contributed by atoms with Crippen LogP contribution in [0.4, 0.5) is 10.1 Å². The van der Waals surface area contributed by atoms with E-state index in [0.29, 0.717) is 0 Å². The molecule has 1 rings (SSSR count). The number of anilines is 1. The van der Waals surface area contributed by atoms with Gasteiger partial charge in [-0.15, -0.1) is 0 Å². The van der Waals surface area contributed by atoms with Crippen molar-refractivity contribution in [3.8, 4) is 0 Å². The monoisotopic (exact) mass is 256 g/mol. The Morgan fingerprint density at radius 1 is 1.56 bits per heavy atom. The SMILES string of the molecule is COCC(N)C(=O)Nc1ccc(C(=O)O)cc1F. The molecule has 6 nitrogen and oxygen atoms in total. The van der Waals surface area contributed by atoms with Gasteiger partial charge in [0.1, 0.15) is 11.9 Å². The summed E-state index contributed by atoms with van der Waals surface area (Å²) < 4.78 is 18.2. The number of benzene rings is 1. The fourth-order valence-electron chi connectivity index (χ4n) is 1.23. The predicted octanol–water partition coefficient (Wildman–Crippen LogP) is 0.436. The largest absolute Gasteiger partial charge is 0.478 e. The number of ether oxygens (including phenoxy) is 1. The van der Waals surface area contributed by atoms with E-state index in [-0.39, 0.29) is 17.9 Å². The molecule has 0 radical (unpaired) electrons. The normalized spacial score (nSPS) is 11.9. The Bertz CT molecular complexity index is 464. The Hall–Kier alpha value is -1.99. The fourth-order valence-corrected chi connectivity index (χ4v) is 1.23. The van der Waals surface area contributed by atoms with Crippen LogP contribution in [-0.4, -0.2) is 36.7 Å². The summed E-state index contributed by atoms with van der Waals surface area (Å²) >= 11 is 0. The molecule has 98 valence electrons. The highest BCUT2D eigenvalue weighted by Gasteiger charge is 2.16. The number of hydrogen-bond donors (Lipinski definition) is 3. The number of aromatic carboxylic acids is 1. The highest BCUT2D eigenvalue weighted by atomic mass is 19.1. The summed E-state index contributed by atoms with van der Waals surface area (Å²) in [5.41, 5.74) is 5.12. The van der Waals surface area contributed by atoms with Crippen molar-refractivity contribution in [3.05, 3.63) is 29.6 Å². The molecule has 7 heteroatoms. The molecule has 0 fully saturated rings. The first kappa shape index (κ1) is 14.1. The van der Waals surface area contributed by atoms with E-state index in [1.165, 1.54) is 13.2 Å². The second-order valence-electron chi connectivity index (χ2n) is 3.55. The minimum Gasteiger partial charge on any atom is -0.478 e. The molecular weight excluding hydrogens is 243 g/mol. The number of halogens is 1. The Morgan fingerprint density at radius 3 is 2.72 bits per heavy atom. The van der Waals surface area contributed by atoms with Crippen LogP contribution in [0.1, 0.15) is 10.4 Å². The summed E-state index contributed by atoms with van der Waals surface area (Å²) in [6.07, 6.45) is 0. The van der Waals surface area contributed by atoms with Crippen molar-refractivity contribution in [2.45, 2.75) is 6.04 Å². The standard InChI is InChI=1S/C11H13FN2O4/c1-18-5-8(13)10(15)14-9-3-2-6(11(16)17)4-7(9)12/h2-4,8H,5,13H2,1H3,(H,14,15)(H,16,17). The lowest BCUT2D eigenvalue weighted by Crippen LogP contribution is -2.39. The van der Waals surface area contributed by atoms with Gasteiger partial charge in [-0.1, -0.05) is 0 Å². The predicted molar refractivity (Wildman–Crippen MR) is 61.8 cm³/mol. The summed E-state index contributed by atoms with van der Waals surface area (Å²) in [6.45, 7) is 0.000657. The van der Waals surface area contributed by atoms with Crippen LogP contribution >= 0.6 is 0 Å². The van der Waals surface area contributed by atoms with Crippen molar-refractivity contribution < 1.29 is 23.8 Å². The minimum atomic E-state index is -1.25. The average Bonchev–Trinajstić information content (AvgIpc) is 2.31. The molecule has 1 unspecified atom stereocenters. The zero-order valence-corrected chi connectivity index (χ0v) is 9.64. The third kappa shape index (κ3) is 3.51. The smallest absolute Gasteiger partial charge is 0.335 e. The van der Waals surface area contributed by atoms with Crippen molar-refractivity contribution in [1.29, 1.82) is 0 Å². The molecule has 18 heavy (non-hydrogen) atoms. The Kier molecular flexibility index (Phi) is 4.75. The van der Waals surface area contributed by atoms with Crippen LogP contribution in [0.2, 0.25) is 0 Å². The van der Waals surface area contributed by atoms with Gasteiger partial charge in [-0.2, -0.15) is 0 Å². The van der Waals surface area contributed by atoms with Crippen LogP contribution in [-0.2, 0) is 9.53 Å². The molecule has 0 heterocycles. The molecule has 0 aliphatic carbocycles. The molecule has 1 amide bonds. The van der Waals surface area contributed by atoms with E-state index < -0.39 is 23.7 Å². The average molecular weight is 256 g/mol. The van der Waals surface area contributed by atoms with E-state index in [9.17, 15) is 14.0 Å². The summed E-state index contributed by atoms with van der Waals surface area (Å²) in [7, 11) is 1.38. The van der Waals surface area contributed by atoms with Gasteiger partial charge in [0.05, 0.1) is 17.9 Å². The third-order valence-electron chi connectivity index (χ3n) is 2.16. The number of carboxylic acid groups (broad SMARTS) is 1.